The molecule has 1 saturated carbocycles. The molecule has 1 fully saturated rings. The van der Waals surface area contributed by atoms with Gasteiger partial charge in [0.1, 0.15) is 6.33 Å². The molecule has 1 aromatic heterocycles. The number of amidine groups is 1. The molecule has 1 heterocycles. The Morgan fingerprint density at radius 3 is 2.94 bits per heavy atom. The van der Waals surface area contributed by atoms with E-state index in [4.69, 9.17) is 10.9 Å². The maximum Gasteiger partial charge on any atom is 0.219 e. The van der Waals surface area contributed by atoms with Crippen LogP contribution in [0.3, 0.4) is 0 Å². The quantitative estimate of drug-likeness (QED) is 0.358. The van der Waals surface area contributed by atoms with Crippen molar-refractivity contribution in [3.8, 4) is 0 Å². The number of hydrogen-bond acceptors (Lipinski definition) is 4. The van der Waals surface area contributed by atoms with Crippen molar-refractivity contribution in [1.82, 2.24) is 14.8 Å². The van der Waals surface area contributed by atoms with E-state index in [1.165, 1.54) is 32.1 Å². The van der Waals surface area contributed by atoms with Crippen LogP contribution < -0.4 is 5.73 Å². The van der Waals surface area contributed by atoms with Gasteiger partial charge in [0.2, 0.25) is 11.7 Å². The molecular weight excluding hydrogens is 218 g/mol. The lowest BCUT2D eigenvalue weighted by molar-refractivity contribution is 0.316. The zero-order chi connectivity index (χ0) is 12.1. The molecule has 2 rings (SSSR count). The second-order valence-electron chi connectivity index (χ2n) is 4.61. The zero-order valence-corrected chi connectivity index (χ0v) is 9.92. The van der Waals surface area contributed by atoms with Gasteiger partial charge in [-0.25, -0.2) is 4.98 Å². The first kappa shape index (κ1) is 11.9. The Morgan fingerprint density at radius 1 is 1.47 bits per heavy atom. The van der Waals surface area contributed by atoms with Crippen LogP contribution in [0.5, 0.6) is 0 Å². The normalized spacial score (nSPS) is 18.5. The second-order valence-corrected chi connectivity index (χ2v) is 4.61. The van der Waals surface area contributed by atoms with E-state index in [0.29, 0.717) is 0 Å². The maximum absolute atomic E-state index is 8.50. The van der Waals surface area contributed by atoms with E-state index >= 15 is 0 Å². The Morgan fingerprint density at radius 2 is 2.24 bits per heavy atom. The third-order valence-corrected chi connectivity index (χ3v) is 3.36. The van der Waals surface area contributed by atoms with Gasteiger partial charge in [-0.3, -0.25) is 4.68 Å². The molecule has 0 spiro atoms. The number of nitrogens with two attached hydrogens (primary N) is 1. The fourth-order valence-corrected chi connectivity index (χ4v) is 2.36. The summed E-state index contributed by atoms with van der Waals surface area (Å²) >= 11 is 0. The molecule has 17 heavy (non-hydrogen) atoms. The number of hydrogen-bond donors (Lipinski definition) is 2. The van der Waals surface area contributed by atoms with Crippen LogP contribution in [0.15, 0.2) is 11.5 Å². The lowest BCUT2D eigenvalue weighted by Gasteiger charge is -2.20. The molecule has 3 N–H and O–H groups in total. The van der Waals surface area contributed by atoms with Crippen LogP contribution >= 0.6 is 0 Å². The molecule has 0 aliphatic heterocycles. The first-order chi connectivity index (χ1) is 8.29. The van der Waals surface area contributed by atoms with E-state index in [1.54, 1.807) is 11.0 Å². The molecule has 1 aliphatic rings. The molecule has 6 heteroatoms. The predicted molar refractivity (Wildman–Crippen MR) is 63.7 cm³/mol. The van der Waals surface area contributed by atoms with E-state index in [0.717, 1.165) is 18.9 Å². The lowest BCUT2D eigenvalue weighted by Crippen LogP contribution is -2.16. The van der Waals surface area contributed by atoms with Crippen molar-refractivity contribution < 1.29 is 5.21 Å². The minimum Gasteiger partial charge on any atom is -0.409 e. The third kappa shape index (κ3) is 3.18. The number of rotatable bonds is 4. The predicted octanol–water partition coefficient (Wildman–Crippen LogP) is 1.34. The highest BCUT2D eigenvalue weighted by atomic mass is 16.4. The highest BCUT2D eigenvalue weighted by Crippen LogP contribution is 2.26. The van der Waals surface area contributed by atoms with Gasteiger partial charge in [0.05, 0.1) is 0 Å². The van der Waals surface area contributed by atoms with Gasteiger partial charge in [0.15, 0.2) is 0 Å². The number of aromatic nitrogens is 3. The van der Waals surface area contributed by atoms with Gasteiger partial charge in [0, 0.05) is 6.54 Å². The van der Waals surface area contributed by atoms with Crippen LogP contribution in [-0.2, 0) is 6.54 Å². The second kappa shape index (κ2) is 5.65. The highest BCUT2D eigenvalue weighted by Gasteiger charge is 2.13. The number of nitrogens with zero attached hydrogens (tertiary/aromatic N) is 4. The molecule has 0 radical (unpaired) electrons. The standard InChI is InChI=1S/C11H19N5O/c12-10(15-17)11-13-8-16(14-11)7-6-9-4-2-1-3-5-9/h8-9,17H,1-7H2,(H2,12,15). The Labute approximate surface area is 101 Å². The molecule has 0 amide bonds. The van der Waals surface area contributed by atoms with Crippen LogP contribution in [0.4, 0.5) is 0 Å². The molecule has 6 nitrogen and oxygen atoms in total. The van der Waals surface area contributed by atoms with Crippen molar-refractivity contribution in [2.45, 2.75) is 45.1 Å². The highest BCUT2D eigenvalue weighted by molar-refractivity contribution is 5.93. The summed E-state index contributed by atoms with van der Waals surface area (Å²) in [6.07, 6.45) is 9.54. The van der Waals surface area contributed by atoms with Gasteiger partial charge < -0.3 is 10.9 Å². The van der Waals surface area contributed by atoms with Gasteiger partial charge in [-0.1, -0.05) is 37.3 Å². The summed E-state index contributed by atoms with van der Waals surface area (Å²) in [7, 11) is 0. The topological polar surface area (TPSA) is 89.3 Å². The molecule has 1 aliphatic carbocycles. The van der Waals surface area contributed by atoms with Crippen LogP contribution in [-0.4, -0.2) is 25.8 Å². The van der Waals surface area contributed by atoms with E-state index in [-0.39, 0.29) is 11.7 Å². The Bertz CT molecular complexity index is 381. The van der Waals surface area contributed by atoms with Crippen molar-refractivity contribution in [1.29, 1.82) is 0 Å². The van der Waals surface area contributed by atoms with E-state index in [9.17, 15) is 0 Å². The van der Waals surface area contributed by atoms with E-state index in [2.05, 4.69) is 15.2 Å². The van der Waals surface area contributed by atoms with Crippen LogP contribution in [0.25, 0.3) is 0 Å². The summed E-state index contributed by atoms with van der Waals surface area (Å²) in [6, 6.07) is 0. The van der Waals surface area contributed by atoms with Crippen LogP contribution in [0, 0.1) is 5.92 Å². The summed E-state index contributed by atoms with van der Waals surface area (Å²) in [5, 5.41) is 15.5. The fraction of sp³-hybridized carbons (Fsp3) is 0.727. The summed E-state index contributed by atoms with van der Waals surface area (Å²) in [5.41, 5.74) is 5.41. The summed E-state index contributed by atoms with van der Waals surface area (Å²) in [5.74, 6) is 1.07. The molecule has 94 valence electrons. The van der Waals surface area contributed by atoms with E-state index in [1.807, 2.05) is 0 Å². The fourth-order valence-electron chi connectivity index (χ4n) is 2.36. The van der Waals surface area contributed by atoms with Crippen molar-refractivity contribution in [2.24, 2.45) is 16.8 Å². The minimum absolute atomic E-state index is 0.0404. The molecule has 0 aromatic carbocycles. The molecule has 0 unspecified atom stereocenters. The van der Waals surface area contributed by atoms with Crippen molar-refractivity contribution in [3.05, 3.63) is 12.2 Å². The molecule has 0 bridgehead atoms. The van der Waals surface area contributed by atoms with E-state index < -0.39 is 0 Å². The zero-order valence-electron chi connectivity index (χ0n) is 9.92. The molecular formula is C11H19N5O. The Balaban J connectivity index is 1.84. The van der Waals surface area contributed by atoms with Crippen molar-refractivity contribution >= 4 is 5.84 Å². The van der Waals surface area contributed by atoms with Gasteiger partial charge >= 0.3 is 0 Å². The third-order valence-electron chi connectivity index (χ3n) is 3.36. The van der Waals surface area contributed by atoms with Gasteiger partial charge in [-0.05, 0) is 12.3 Å². The molecule has 0 atom stereocenters. The SMILES string of the molecule is NC(=NO)c1ncn(CCC2CCCCC2)n1. The summed E-state index contributed by atoms with van der Waals surface area (Å²) in [6.45, 7) is 0.858. The maximum atomic E-state index is 8.50. The smallest absolute Gasteiger partial charge is 0.219 e. The molecule has 0 saturated heterocycles. The van der Waals surface area contributed by atoms with Crippen molar-refractivity contribution in [2.75, 3.05) is 0 Å². The molecule has 1 aromatic rings. The summed E-state index contributed by atoms with van der Waals surface area (Å²) < 4.78 is 1.77. The Hall–Kier alpha value is -1.59. The average Bonchev–Trinajstić information content (AvgIpc) is 2.85. The monoisotopic (exact) mass is 237 g/mol. The largest absolute Gasteiger partial charge is 0.409 e. The van der Waals surface area contributed by atoms with Crippen molar-refractivity contribution in [3.63, 3.8) is 0 Å². The van der Waals surface area contributed by atoms with Gasteiger partial charge in [-0.2, -0.15) is 0 Å². The number of oxime groups is 1. The number of aryl methyl sites for hydroxylation is 1. The van der Waals surface area contributed by atoms with Gasteiger partial charge in [-0.15, -0.1) is 5.10 Å². The summed E-state index contributed by atoms with van der Waals surface area (Å²) in [4.78, 5) is 3.99. The average molecular weight is 237 g/mol. The first-order valence-corrected chi connectivity index (χ1v) is 6.17. The Kier molecular flexibility index (Phi) is 3.95. The van der Waals surface area contributed by atoms with Crippen LogP contribution in [0.2, 0.25) is 0 Å². The van der Waals surface area contributed by atoms with Crippen LogP contribution in [0.1, 0.15) is 44.3 Å². The lowest BCUT2D eigenvalue weighted by atomic mass is 9.87. The van der Waals surface area contributed by atoms with Gasteiger partial charge in [0.25, 0.3) is 0 Å². The minimum atomic E-state index is -0.0404. The first-order valence-electron chi connectivity index (χ1n) is 6.17.